The number of hydrogen-bond donors (Lipinski definition) is 3. The van der Waals surface area contributed by atoms with Gasteiger partial charge in [-0.05, 0) is 72.6 Å². The largest absolute Gasteiger partial charge is 0.399 e. The second-order valence-corrected chi connectivity index (χ2v) is 6.16. The van der Waals surface area contributed by atoms with Crippen molar-refractivity contribution in [3.8, 4) is 0 Å². The summed E-state index contributed by atoms with van der Waals surface area (Å²) in [6, 6.07) is 8.31. The Kier molecular flexibility index (Phi) is 4.25. The quantitative estimate of drug-likeness (QED) is 0.725. The van der Waals surface area contributed by atoms with Gasteiger partial charge in [0.15, 0.2) is 0 Å². The lowest BCUT2D eigenvalue weighted by Crippen LogP contribution is -2.23. The van der Waals surface area contributed by atoms with Gasteiger partial charge in [0.2, 0.25) is 0 Å². The predicted octanol–water partition coefficient (Wildman–Crippen LogP) is 3.83. The molecule has 0 spiro atoms. The molecule has 0 bridgehead atoms. The third kappa shape index (κ3) is 3.20. The molecular weight excluding hydrogens is 270 g/mol. The number of anilines is 1. The van der Waals surface area contributed by atoms with E-state index in [-0.39, 0.29) is 6.04 Å². The van der Waals surface area contributed by atoms with Gasteiger partial charge in [-0.15, -0.1) is 0 Å². The van der Waals surface area contributed by atoms with E-state index in [4.69, 9.17) is 16.9 Å². The van der Waals surface area contributed by atoms with E-state index in [0.717, 1.165) is 43.4 Å². The minimum Gasteiger partial charge on any atom is -0.399 e. The van der Waals surface area contributed by atoms with Crippen LogP contribution < -0.4 is 11.5 Å². The van der Waals surface area contributed by atoms with Crippen LogP contribution in [0.4, 0.5) is 5.69 Å². The molecule has 0 aromatic heterocycles. The minimum atomic E-state index is 0.238. The van der Waals surface area contributed by atoms with Crippen LogP contribution in [-0.4, -0.2) is 11.8 Å². The molecule has 1 aromatic carbocycles. The van der Waals surface area contributed by atoms with Gasteiger partial charge in [-0.25, -0.2) is 0 Å². The fourth-order valence-corrected chi connectivity index (χ4v) is 3.26. The second-order valence-electron chi connectivity index (χ2n) is 6.16. The maximum absolute atomic E-state index is 7.77. The predicted molar refractivity (Wildman–Crippen MR) is 93.8 cm³/mol. The lowest BCUT2D eigenvalue weighted by molar-refractivity contribution is 0.595. The van der Waals surface area contributed by atoms with Crippen molar-refractivity contribution in [1.82, 2.24) is 0 Å². The van der Waals surface area contributed by atoms with Crippen molar-refractivity contribution >= 4 is 17.0 Å². The molecule has 5 N–H and O–H groups in total. The van der Waals surface area contributed by atoms with Crippen molar-refractivity contribution in [2.45, 2.75) is 38.1 Å². The third-order valence-corrected chi connectivity index (χ3v) is 4.38. The normalized spacial score (nSPS) is 24.1. The topological polar surface area (TPSA) is 75.9 Å². The van der Waals surface area contributed by atoms with Crippen LogP contribution in [0, 0.1) is 5.41 Å². The molecule has 0 aliphatic heterocycles. The Morgan fingerprint density at radius 3 is 2.73 bits per heavy atom. The molecule has 1 atom stereocenters. The molecule has 2 aliphatic carbocycles. The van der Waals surface area contributed by atoms with Crippen LogP contribution in [0.25, 0.3) is 5.57 Å². The van der Waals surface area contributed by atoms with Crippen molar-refractivity contribution in [3.63, 3.8) is 0 Å². The first-order valence-electron chi connectivity index (χ1n) is 7.93. The van der Waals surface area contributed by atoms with Gasteiger partial charge in [-0.1, -0.05) is 24.3 Å². The average molecular weight is 293 g/mol. The number of nitrogen functional groups attached to an aromatic ring is 1. The van der Waals surface area contributed by atoms with Gasteiger partial charge in [0.25, 0.3) is 0 Å². The fourth-order valence-electron chi connectivity index (χ4n) is 3.26. The van der Waals surface area contributed by atoms with E-state index in [2.05, 4.69) is 18.2 Å². The van der Waals surface area contributed by atoms with Gasteiger partial charge in [0.1, 0.15) is 0 Å². The maximum atomic E-state index is 7.77. The van der Waals surface area contributed by atoms with Gasteiger partial charge in [0, 0.05) is 17.4 Å². The number of nitrogens with two attached hydrogens (primary N) is 2. The molecule has 22 heavy (non-hydrogen) atoms. The average Bonchev–Trinajstić information content (AvgIpc) is 2.50. The summed E-state index contributed by atoms with van der Waals surface area (Å²) in [4.78, 5) is 0. The highest BCUT2D eigenvalue weighted by molar-refractivity contribution is 5.96. The number of benzene rings is 1. The van der Waals surface area contributed by atoms with Crippen molar-refractivity contribution < 1.29 is 0 Å². The number of hydrogen-bond acceptors (Lipinski definition) is 3. The van der Waals surface area contributed by atoms with Gasteiger partial charge in [-0.3, -0.25) is 0 Å². The van der Waals surface area contributed by atoms with Crippen molar-refractivity contribution in [1.29, 1.82) is 5.41 Å². The molecule has 0 amide bonds. The summed E-state index contributed by atoms with van der Waals surface area (Å²) in [6.07, 6.45) is 11.0. The molecule has 0 radical (unpaired) electrons. The Morgan fingerprint density at radius 2 is 2.05 bits per heavy atom. The molecule has 1 aromatic rings. The van der Waals surface area contributed by atoms with Crippen LogP contribution in [0.2, 0.25) is 0 Å². The molecule has 0 saturated carbocycles. The van der Waals surface area contributed by atoms with Crippen LogP contribution in [0.3, 0.4) is 0 Å². The van der Waals surface area contributed by atoms with Crippen molar-refractivity contribution in [2.24, 2.45) is 5.73 Å². The zero-order valence-corrected chi connectivity index (χ0v) is 12.8. The van der Waals surface area contributed by atoms with E-state index in [9.17, 15) is 0 Å². The molecule has 2 aliphatic rings. The maximum Gasteiger partial charge on any atom is 0.0320 e. The summed E-state index contributed by atoms with van der Waals surface area (Å²) in [7, 11) is 0. The van der Waals surface area contributed by atoms with Crippen LogP contribution in [0.15, 0.2) is 53.6 Å². The smallest absolute Gasteiger partial charge is 0.0320 e. The second kappa shape index (κ2) is 6.32. The van der Waals surface area contributed by atoms with E-state index in [1.807, 2.05) is 24.3 Å². The minimum absolute atomic E-state index is 0.238. The summed E-state index contributed by atoms with van der Waals surface area (Å²) in [5.74, 6) is 0. The lowest BCUT2D eigenvalue weighted by atomic mass is 9.82. The number of nitrogens with one attached hydrogen (secondary N) is 1. The molecule has 114 valence electrons. The zero-order chi connectivity index (χ0) is 15.5. The van der Waals surface area contributed by atoms with Gasteiger partial charge in [0.05, 0.1) is 0 Å². The number of allylic oxidation sites excluding steroid dienone is 5. The van der Waals surface area contributed by atoms with Gasteiger partial charge in [-0.2, -0.15) is 0 Å². The third-order valence-electron chi connectivity index (χ3n) is 4.38. The number of rotatable bonds is 2. The Labute approximate surface area is 131 Å². The first-order chi connectivity index (χ1) is 10.6. The molecule has 0 heterocycles. The molecule has 3 heteroatoms. The SMILES string of the molecule is N=C1C=CC(=C(C2=CCCC(N)C2)c2cccc(N)c2)CC1. The Balaban J connectivity index is 2.10. The molecule has 3 nitrogen and oxygen atoms in total. The molecular formula is C19H23N3. The zero-order valence-electron chi connectivity index (χ0n) is 12.8. The Hall–Kier alpha value is -2.13. The summed E-state index contributed by atoms with van der Waals surface area (Å²) in [5.41, 5.74) is 18.7. The first kappa shape index (κ1) is 14.8. The van der Waals surface area contributed by atoms with E-state index in [1.165, 1.54) is 16.7 Å². The van der Waals surface area contributed by atoms with Crippen LogP contribution >= 0.6 is 0 Å². The van der Waals surface area contributed by atoms with E-state index in [1.54, 1.807) is 0 Å². The highest BCUT2D eigenvalue weighted by Crippen LogP contribution is 2.36. The first-order valence-corrected chi connectivity index (χ1v) is 7.93. The summed E-state index contributed by atoms with van der Waals surface area (Å²) < 4.78 is 0. The fraction of sp³-hybridized carbons (Fsp3) is 0.316. The van der Waals surface area contributed by atoms with E-state index in [0.29, 0.717) is 5.71 Å². The summed E-state index contributed by atoms with van der Waals surface area (Å²) in [5, 5.41) is 7.77. The van der Waals surface area contributed by atoms with E-state index >= 15 is 0 Å². The van der Waals surface area contributed by atoms with Crippen LogP contribution in [0.5, 0.6) is 0 Å². The summed E-state index contributed by atoms with van der Waals surface area (Å²) in [6.45, 7) is 0. The Morgan fingerprint density at radius 1 is 1.18 bits per heavy atom. The lowest BCUT2D eigenvalue weighted by Gasteiger charge is -2.25. The van der Waals surface area contributed by atoms with Crippen molar-refractivity contribution in [3.05, 3.63) is 59.2 Å². The molecule has 0 fully saturated rings. The molecule has 3 rings (SSSR count). The van der Waals surface area contributed by atoms with Crippen LogP contribution in [0.1, 0.15) is 37.7 Å². The van der Waals surface area contributed by atoms with Gasteiger partial charge < -0.3 is 16.9 Å². The monoisotopic (exact) mass is 293 g/mol. The van der Waals surface area contributed by atoms with Crippen molar-refractivity contribution in [2.75, 3.05) is 5.73 Å². The van der Waals surface area contributed by atoms with E-state index < -0.39 is 0 Å². The Bertz CT molecular complexity index is 680. The highest BCUT2D eigenvalue weighted by Gasteiger charge is 2.20. The standard InChI is InChI=1S/C19H23N3/c20-16-9-7-13(8-10-16)19(14-3-1-5-17(21)11-14)15-4-2-6-18(22)12-15/h1,3-5,7,9,11,18,20H,2,6,8,10,12,21-22H2. The molecule has 1 unspecified atom stereocenters. The molecule has 0 saturated heterocycles. The van der Waals surface area contributed by atoms with Gasteiger partial charge >= 0.3 is 0 Å². The summed E-state index contributed by atoms with van der Waals surface area (Å²) >= 11 is 0. The highest BCUT2D eigenvalue weighted by atomic mass is 14.6. The van der Waals surface area contributed by atoms with Crippen LogP contribution in [-0.2, 0) is 0 Å².